The molecular formula is C21H26N2O4. The summed E-state index contributed by atoms with van der Waals surface area (Å²) in [5.41, 5.74) is 1.92. The molecule has 0 heterocycles. The molecule has 144 valence electrons. The molecule has 0 unspecified atom stereocenters. The zero-order valence-electron chi connectivity index (χ0n) is 15.9. The molecule has 0 radical (unpaired) electrons. The minimum absolute atomic E-state index is 0.0167. The van der Waals surface area contributed by atoms with Gasteiger partial charge in [0.1, 0.15) is 0 Å². The monoisotopic (exact) mass is 370 g/mol. The topological polar surface area (TPSA) is 95.5 Å². The molecule has 1 fully saturated rings. The van der Waals surface area contributed by atoms with Crippen LogP contribution in [0.25, 0.3) is 0 Å². The van der Waals surface area contributed by atoms with Crippen LogP contribution in [0.3, 0.4) is 0 Å². The van der Waals surface area contributed by atoms with Crippen molar-refractivity contribution in [1.82, 2.24) is 5.32 Å². The lowest BCUT2D eigenvalue weighted by Gasteiger charge is -2.24. The summed E-state index contributed by atoms with van der Waals surface area (Å²) in [5.74, 6) is -2.62. The van der Waals surface area contributed by atoms with E-state index in [1.54, 1.807) is 18.2 Å². The van der Waals surface area contributed by atoms with Gasteiger partial charge in [0.05, 0.1) is 11.8 Å². The zero-order valence-corrected chi connectivity index (χ0v) is 15.9. The van der Waals surface area contributed by atoms with Gasteiger partial charge in [-0.05, 0) is 62.3 Å². The average Bonchev–Trinajstić information content (AvgIpc) is 3.24. The van der Waals surface area contributed by atoms with Gasteiger partial charge in [-0.25, -0.2) is 0 Å². The number of carbonyl (C=O) groups excluding carboxylic acids is 2. The molecule has 0 aromatic heterocycles. The molecular weight excluding hydrogens is 344 g/mol. The Balaban J connectivity index is 1.72. The van der Waals surface area contributed by atoms with Crippen LogP contribution in [-0.2, 0) is 9.59 Å². The number of hydrogen-bond acceptors (Lipinski definition) is 3. The van der Waals surface area contributed by atoms with Gasteiger partial charge in [0.2, 0.25) is 5.91 Å². The van der Waals surface area contributed by atoms with Gasteiger partial charge in [-0.3, -0.25) is 14.4 Å². The number of nitrogens with one attached hydrogen (secondary N) is 2. The van der Waals surface area contributed by atoms with Crippen molar-refractivity contribution >= 4 is 23.5 Å². The highest BCUT2D eigenvalue weighted by Crippen LogP contribution is 2.48. The normalized spacial score (nSPS) is 26.6. The molecule has 2 aliphatic carbocycles. The average molecular weight is 370 g/mol. The fourth-order valence-corrected chi connectivity index (χ4v) is 4.09. The largest absolute Gasteiger partial charge is 0.481 e. The number of allylic oxidation sites excluding steroid dienone is 2. The summed E-state index contributed by atoms with van der Waals surface area (Å²) in [6.07, 6.45) is 5.46. The maximum absolute atomic E-state index is 12.8. The van der Waals surface area contributed by atoms with Crippen LogP contribution in [0.1, 0.15) is 42.6 Å². The molecule has 6 heteroatoms. The van der Waals surface area contributed by atoms with Gasteiger partial charge >= 0.3 is 5.97 Å². The van der Waals surface area contributed by atoms with Gasteiger partial charge in [0.15, 0.2) is 0 Å². The number of carboxylic acid groups (broad SMARTS) is 1. The summed E-state index contributed by atoms with van der Waals surface area (Å²) >= 11 is 0. The lowest BCUT2D eigenvalue weighted by Crippen LogP contribution is -2.36. The van der Waals surface area contributed by atoms with Gasteiger partial charge in [-0.1, -0.05) is 19.1 Å². The van der Waals surface area contributed by atoms with Crippen LogP contribution in [0.2, 0.25) is 0 Å². The van der Waals surface area contributed by atoms with Gasteiger partial charge < -0.3 is 15.7 Å². The molecule has 27 heavy (non-hydrogen) atoms. The number of carboxylic acids is 1. The number of aliphatic carboxylic acids is 1. The summed E-state index contributed by atoms with van der Waals surface area (Å²) in [6.45, 7) is 5.77. The van der Waals surface area contributed by atoms with E-state index in [-0.39, 0.29) is 29.7 Å². The molecule has 0 aliphatic heterocycles. The number of fused-ring (bicyclic) bond motifs is 2. The fourth-order valence-electron chi connectivity index (χ4n) is 4.09. The SMILES string of the molecule is CC[C@H](C)NC(=O)c1ccc(NC(=O)[C@H]2[C@H](C(=O)O)[C@H]3C=C[C@H]2C3)c(C)c1. The highest BCUT2D eigenvalue weighted by Gasteiger charge is 2.51. The molecule has 2 aliphatic rings. The Hall–Kier alpha value is -2.63. The first kappa shape index (κ1) is 19.1. The van der Waals surface area contributed by atoms with Crippen molar-refractivity contribution in [2.24, 2.45) is 23.7 Å². The molecule has 2 amide bonds. The molecule has 0 saturated heterocycles. The minimum Gasteiger partial charge on any atom is -0.481 e. The minimum atomic E-state index is -0.916. The first-order chi connectivity index (χ1) is 12.8. The molecule has 6 nitrogen and oxygen atoms in total. The van der Waals surface area contributed by atoms with Gasteiger partial charge in [-0.2, -0.15) is 0 Å². The van der Waals surface area contributed by atoms with E-state index in [9.17, 15) is 19.5 Å². The van der Waals surface area contributed by atoms with Crippen molar-refractivity contribution in [2.45, 2.75) is 39.7 Å². The van der Waals surface area contributed by atoms with E-state index in [0.717, 1.165) is 18.4 Å². The highest BCUT2D eigenvalue weighted by molar-refractivity contribution is 5.98. The molecule has 0 spiro atoms. The standard InChI is InChI=1S/C21H26N2O4/c1-4-12(3)22-19(24)15-7-8-16(11(2)9-15)23-20(25)17-13-5-6-14(10-13)18(17)21(26)27/h5-9,12-14,17-18H,4,10H2,1-3H3,(H,22,24)(H,23,25)(H,26,27)/t12-,13-,14-,17+,18+/m0/s1. The molecule has 2 bridgehead atoms. The van der Waals surface area contributed by atoms with E-state index in [4.69, 9.17) is 0 Å². The van der Waals surface area contributed by atoms with Crippen LogP contribution in [0.4, 0.5) is 5.69 Å². The van der Waals surface area contributed by atoms with Crippen LogP contribution >= 0.6 is 0 Å². The predicted octanol–water partition coefficient (Wildman–Crippen LogP) is 2.98. The Kier molecular flexibility index (Phi) is 5.35. The molecule has 1 saturated carbocycles. The number of carbonyl (C=O) groups is 3. The number of benzene rings is 1. The lowest BCUT2D eigenvalue weighted by atomic mass is 9.82. The number of amides is 2. The first-order valence-corrected chi connectivity index (χ1v) is 9.45. The fraction of sp³-hybridized carbons (Fsp3) is 0.476. The number of aryl methyl sites for hydroxylation is 1. The van der Waals surface area contributed by atoms with E-state index in [2.05, 4.69) is 10.6 Å². The quantitative estimate of drug-likeness (QED) is 0.671. The number of hydrogen-bond donors (Lipinski definition) is 3. The molecule has 1 aromatic carbocycles. The van der Waals surface area contributed by atoms with E-state index in [1.165, 1.54) is 0 Å². The number of anilines is 1. The molecule has 3 N–H and O–H groups in total. The van der Waals surface area contributed by atoms with Crippen molar-refractivity contribution in [3.63, 3.8) is 0 Å². The third-order valence-corrected chi connectivity index (χ3v) is 5.78. The Morgan fingerprint density at radius 1 is 1.19 bits per heavy atom. The maximum Gasteiger partial charge on any atom is 0.307 e. The van der Waals surface area contributed by atoms with Crippen molar-refractivity contribution in [3.05, 3.63) is 41.5 Å². The summed E-state index contributed by atoms with van der Waals surface area (Å²) in [7, 11) is 0. The first-order valence-electron chi connectivity index (χ1n) is 9.45. The lowest BCUT2D eigenvalue weighted by molar-refractivity contribution is -0.146. The highest BCUT2D eigenvalue weighted by atomic mass is 16.4. The van der Waals surface area contributed by atoms with Crippen LogP contribution in [0, 0.1) is 30.6 Å². The predicted molar refractivity (Wildman–Crippen MR) is 102 cm³/mol. The van der Waals surface area contributed by atoms with Gasteiger partial charge in [0, 0.05) is 17.3 Å². The number of rotatable bonds is 6. The third kappa shape index (κ3) is 3.75. The van der Waals surface area contributed by atoms with E-state index < -0.39 is 17.8 Å². The van der Waals surface area contributed by atoms with Gasteiger partial charge in [-0.15, -0.1) is 0 Å². The summed E-state index contributed by atoms with van der Waals surface area (Å²) < 4.78 is 0. The second kappa shape index (κ2) is 7.55. The van der Waals surface area contributed by atoms with E-state index in [0.29, 0.717) is 11.3 Å². The van der Waals surface area contributed by atoms with Crippen molar-refractivity contribution < 1.29 is 19.5 Å². The second-order valence-corrected chi connectivity index (χ2v) is 7.64. The molecule has 3 rings (SSSR count). The summed E-state index contributed by atoms with van der Waals surface area (Å²) in [5, 5.41) is 15.3. The molecule has 1 aromatic rings. The Labute approximate surface area is 159 Å². The van der Waals surface area contributed by atoms with Gasteiger partial charge in [0.25, 0.3) is 5.91 Å². The Morgan fingerprint density at radius 2 is 1.85 bits per heavy atom. The summed E-state index contributed by atoms with van der Waals surface area (Å²) in [6, 6.07) is 5.21. The van der Waals surface area contributed by atoms with E-state index in [1.807, 2.05) is 32.9 Å². The van der Waals surface area contributed by atoms with Crippen LogP contribution in [0.5, 0.6) is 0 Å². The summed E-state index contributed by atoms with van der Waals surface area (Å²) in [4.78, 5) is 36.6. The van der Waals surface area contributed by atoms with Crippen molar-refractivity contribution in [2.75, 3.05) is 5.32 Å². The Bertz CT molecular complexity index is 801. The van der Waals surface area contributed by atoms with Crippen molar-refractivity contribution in [1.29, 1.82) is 0 Å². The van der Waals surface area contributed by atoms with Crippen LogP contribution in [-0.4, -0.2) is 28.9 Å². The van der Waals surface area contributed by atoms with Crippen LogP contribution in [0.15, 0.2) is 30.4 Å². The molecule has 5 atom stereocenters. The van der Waals surface area contributed by atoms with E-state index >= 15 is 0 Å². The third-order valence-electron chi connectivity index (χ3n) is 5.78. The van der Waals surface area contributed by atoms with Crippen LogP contribution < -0.4 is 10.6 Å². The second-order valence-electron chi connectivity index (χ2n) is 7.64. The Morgan fingerprint density at radius 3 is 2.44 bits per heavy atom. The maximum atomic E-state index is 12.8. The zero-order chi connectivity index (χ0) is 19.7. The van der Waals surface area contributed by atoms with Crippen molar-refractivity contribution in [3.8, 4) is 0 Å². The smallest absolute Gasteiger partial charge is 0.307 e.